The van der Waals surface area contributed by atoms with E-state index in [1.807, 2.05) is 19.9 Å². The molecule has 1 aromatic carbocycles. The molecule has 9 heteroatoms. The Morgan fingerprint density at radius 1 is 1.00 bits per heavy atom. The number of carboxylic acid groups (broad SMARTS) is 2. The molecule has 4 unspecified atom stereocenters. The zero-order valence-electron chi connectivity index (χ0n) is 16.6. The summed E-state index contributed by atoms with van der Waals surface area (Å²) in [5.41, 5.74) is 6.71. The Hall–Kier alpha value is -2.94. The van der Waals surface area contributed by atoms with E-state index in [4.69, 9.17) is 10.8 Å². The fraction of sp³-hybridized carbons (Fsp3) is 0.500. The highest BCUT2D eigenvalue weighted by molar-refractivity contribution is 5.92. The second-order valence-electron chi connectivity index (χ2n) is 6.99. The van der Waals surface area contributed by atoms with E-state index in [2.05, 4.69) is 10.6 Å². The number of carbonyl (C=O) groups excluding carboxylic acids is 2. The van der Waals surface area contributed by atoms with E-state index in [-0.39, 0.29) is 18.8 Å². The van der Waals surface area contributed by atoms with Gasteiger partial charge in [0.2, 0.25) is 11.8 Å². The standard InChI is InChI=1S/C20H29N3O6/c1-3-12(2)17(21)19(27)23-15(11-13-7-5-4-6-8-13)18(26)22-14(20(28)29)9-10-16(24)25/h4-8,12,14-15,17H,3,9-11,21H2,1-2H3,(H,22,26)(H,23,27)(H,24,25)(H,28,29). The molecule has 160 valence electrons. The molecule has 29 heavy (non-hydrogen) atoms. The second kappa shape index (κ2) is 11.8. The number of carbonyl (C=O) groups is 4. The summed E-state index contributed by atoms with van der Waals surface area (Å²) in [6, 6.07) is 5.69. The van der Waals surface area contributed by atoms with Crippen molar-refractivity contribution in [1.82, 2.24) is 10.6 Å². The SMILES string of the molecule is CCC(C)C(N)C(=O)NC(Cc1ccccc1)C(=O)NC(CCC(=O)O)C(=O)O. The number of rotatable bonds is 12. The van der Waals surface area contributed by atoms with E-state index >= 15 is 0 Å². The topological polar surface area (TPSA) is 159 Å². The zero-order chi connectivity index (χ0) is 22.0. The minimum absolute atomic E-state index is 0.0993. The lowest BCUT2D eigenvalue weighted by atomic mass is 9.98. The van der Waals surface area contributed by atoms with Crippen molar-refractivity contribution in [2.24, 2.45) is 11.7 Å². The molecule has 1 rings (SSSR count). The van der Waals surface area contributed by atoms with Gasteiger partial charge in [0.25, 0.3) is 0 Å². The minimum atomic E-state index is -1.38. The van der Waals surface area contributed by atoms with Gasteiger partial charge in [-0.25, -0.2) is 4.79 Å². The van der Waals surface area contributed by atoms with Crippen molar-refractivity contribution in [3.63, 3.8) is 0 Å². The smallest absolute Gasteiger partial charge is 0.326 e. The van der Waals surface area contributed by atoms with E-state index in [9.17, 15) is 24.3 Å². The molecular formula is C20H29N3O6. The van der Waals surface area contributed by atoms with Crippen LogP contribution >= 0.6 is 0 Å². The summed E-state index contributed by atoms with van der Waals surface area (Å²) in [7, 11) is 0. The van der Waals surface area contributed by atoms with Crippen molar-refractivity contribution in [3.8, 4) is 0 Å². The third-order valence-corrected chi connectivity index (χ3v) is 4.74. The van der Waals surface area contributed by atoms with Crippen LogP contribution in [0.15, 0.2) is 30.3 Å². The molecule has 6 N–H and O–H groups in total. The van der Waals surface area contributed by atoms with Crippen molar-refractivity contribution in [3.05, 3.63) is 35.9 Å². The average molecular weight is 407 g/mol. The predicted molar refractivity (Wildman–Crippen MR) is 106 cm³/mol. The van der Waals surface area contributed by atoms with Crippen molar-refractivity contribution >= 4 is 23.8 Å². The lowest BCUT2D eigenvalue weighted by molar-refractivity contribution is -0.143. The normalized spacial score (nSPS) is 14.9. The lowest BCUT2D eigenvalue weighted by Gasteiger charge is -2.24. The summed E-state index contributed by atoms with van der Waals surface area (Å²) in [4.78, 5) is 47.3. The Bertz CT molecular complexity index is 709. The van der Waals surface area contributed by atoms with E-state index < -0.39 is 48.3 Å². The van der Waals surface area contributed by atoms with Gasteiger partial charge in [0, 0.05) is 12.8 Å². The molecule has 0 spiro atoms. The molecule has 0 saturated heterocycles. The first-order valence-electron chi connectivity index (χ1n) is 9.50. The Kier molecular flexibility index (Phi) is 9.81. The first-order valence-corrected chi connectivity index (χ1v) is 9.50. The fourth-order valence-corrected chi connectivity index (χ4v) is 2.64. The monoisotopic (exact) mass is 407 g/mol. The van der Waals surface area contributed by atoms with E-state index in [0.29, 0.717) is 6.42 Å². The fourth-order valence-electron chi connectivity index (χ4n) is 2.64. The van der Waals surface area contributed by atoms with E-state index in [0.717, 1.165) is 5.56 Å². The van der Waals surface area contributed by atoms with Crippen LogP contribution in [0.4, 0.5) is 0 Å². The summed E-state index contributed by atoms with van der Waals surface area (Å²) in [5.74, 6) is -3.83. The van der Waals surface area contributed by atoms with Crippen LogP contribution in [0.5, 0.6) is 0 Å². The molecule has 0 aromatic heterocycles. The number of benzene rings is 1. The average Bonchev–Trinajstić information content (AvgIpc) is 2.69. The van der Waals surface area contributed by atoms with Crippen LogP contribution in [-0.2, 0) is 25.6 Å². The van der Waals surface area contributed by atoms with Crippen molar-refractivity contribution in [2.45, 2.75) is 57.7 Å². The van der Waals surface area contributed by atoms with Gasteiger partial charge in [0.05, 0.1) is 6.04 Å². The maximum atomic E-state index is 12.7. The summed E-state index contributed by atoms with van der Waals surface area (Å²) in [6.07, 6.45) is 0.137. The first kappa shape index (κ1) is 24.1. The first-order chi connectivity index (χ1) is 13.6. The Morgan fingerprint density at radius 2 is 1.59 bits per heavy atom. The number of hydrogen-bond donors (Lipinski definition) is 5. The number of carboxylic acids is 2. The van der Waals surface area contributed by atoms with Gasteiger partial charge >= 0.3 is 11.9 Å². The van der Waals surface area contributed by atoms with E-state index in [1.54, 1.807) is 24.3 Å². The van der Waals surface area contributed by atoms with Gasteiger partial charge in [-0.15, -0.1) is 0 Å². The van der Waals surface area contributed by atoms with Crippen LogP contribution in [0.2, 0.25) is 0 Å². The third kappa shape index (κ3) is 8.30. The Morgan fingerprint density at radius 3 is 2.10 bits per heavy atom. The Balaban J connectivity index is 2.95. The molecule has 0 aliphatic heterocycles. The van der Waals surface area contributed by atoms with Crippen LogP contribution in [0.25, 0.3) is 0 Å². The summed E-state index contributed by atoms with van der Waals surface area (Å²) in [5, 5.41) is 23.0. The van der Waals surface area contributed by atoms with Crippen LogP contribution in [0.3, 0.4) is 0 Å². The van der Waals surface area contributed by atoms with Gasteiger partial charge in [0.15, 0.2) is 0 Å². The molecule has 0 fully saturated rings. The molecular weight excluding hydrogens is 378 g/mol. The van der Waals surface area contributed by atoms with Crippen molar-refractivity contribution < 1.29 is 29.4 Å². The highest BCUT2D eigenvalue weighted by atomic mass is 16.4. The molecule has 0 bridgehead atoms. The van der Waals surface area contributed by atoms with Gasteiger partial charge in [-0.1, -0.05) is 50.6 Å². The van der Waals surface area contributed by atoms with Gasteiger partial charge in [-0.3, -0.25) is 14.4 Å². The predicted octanol–water partition coefficient (Wildman–Crippen LogP) is 0.522. The second-order valence-corrected chi connectivity index (χ2v) is 6.99. The molecule has 0 saturated carbocycles. The molecule has 0 radical (unpaired) electrons. The summed E-state index contributed by atoms with van der Waals surface area (Å²) >= 11 is 0. The molecule has 4 atom stereocenters. The molecule has 2 amide bonds. The van der Waals surface area contributed by atoms with Crippen molar-refractivity contribution in [1.29, 1.82) is 0 Å². The number of aliphatic carboxylic acids is 2. The maximum Gasteiger partial charge on any atom is 0.326 e. The quantitative estimate of drug-likeness (QED) is 0.338. The van der Waals surface area contributed by atoms with Gasteiger partial charge < -0.3 is 26.6 Å². The highest BCUT2D eigenvalue weighted by Gasteiger charge is 2.29. The lowest BCUT2D eigenvalue weighted by Crippen LogP contribution is -2.56. The molecule has 9 nitrogen and oxygen atoms in total. The van der Waals surface area contributed by atoms with Crippen LogP contribution in [0, 0.1) is 5.92 Å². The number of amides is 2. The molecule has 0 aliphatic carbocycles. The zero-order valence-corrected chi connectivity index (χ0v) is 16.6. The van der Waals surface area contributed by atoms with Gasteiger partial charge in [-0.2, -0.15) is 0 Å². The number of nitrogens with one attached hydrogen (secondary N) is 2. The largest absolute Gasteiger partial charge is 0.481 e. The summed E-state index contributed by atoms with van der Waals surface area (Å²) < 4.78 is 0. The maximum absolute atomic E-state index is 12.7. The minimum Gasteiger partial charge on any atom is -0.481 e. The molecule has 1 aromatic rings. The van der Waals surface area contributed by atoms with Gasteiger partial charge in [0.1, 0.15) is 12.1 Å². The Labute approximate surface area is 169 Å². The highest BCUT2D eigenvalue weighted by Crippen LogP contribution is 2.09. The molecule has 0 heterocycles. The van der Waals surface area contributed by atoms with Gasteiger partial charge in [-0.05, 0) is 17.9 Å². The number of nitrogens with two attached hydrogens (primary N) is 1. The van der Waals surface area contributed by atoms with Crippen LogP contribution in [0.1, 0.15) is 38.7 Å². The third-order valence-electron chi connectivity index (χ3n) is 4.74. The number of hydrogen-bond acceptors (Lipinski definition) is 5. The van der Waals surface area contributed by atoms with E-state index in [1.165, 1.54) is 0 Å². The van der Waals surface area contributed by atoms with Crippen LogP contribution < -0.4 is 16.4 Å². The van der Waals surface area contributed by atoms with Crippen molar-refractivity contribution in [2.75, 3.05) is 0 Å². The molecule has 0 aliphatic rings. The van der Waals surface area contributed by atoms with Crippen LogP contribution in [-0.4, -0.2) is 52.1 Å². The summed E-state index contributed by atoms with van der Waals surface area (Å²) in [6.45, 7) is 3.72.